The van der Waals surface area contributed by atoms with E-state index in [-0.39, 0.29) is 30.3 Å². The summed E-state index contributed by atoms with van der Waals surface area (Å²) in [4.78, 5) is 26.0. The Labute approximate surface area is 149 Å². The molecule has 24 heavy (non-hydrogen) atoms. The summed E-state index contributed by atoms with van der Waals surface area (Å²) in [5.41, 5.74) is 7.34. The van der Waals surface area contributed by atoms with E-state index < -0.39 is 0 Å². The SMILES string of the molecule is Cl.NCC1CCCCC1NC(=O)c1ccc(N2CCCC2=O)cc1. The van der Waals surface area contributed by atoms with Gasteiger partial charge in [-0.3, -0.25) is 9.59 Å². The maximum absolute atomic E-state index is 12.4. The van der Waals surface area contributed by atoms with Crippen molar-refractivity contribution in [1.82, 2.24) is 5.32 Å². The Morgan fingerprint density at radius 3 is 2.50 bits per heavy atom. The predicted octanol–water partition coefficient (Wildman–Crippen LogP) is 2.48. The lowest BCUT2D eigenvalue weighted by molar-refractivity contribution is -0.117. The van der Waals surface area contributed by atoms with Crippen molar-refractivity contribution in [2.75, 3.05) is 18.0 Å². The van der Waals surface area contributed by atoms with Crippen LogP contribution in [0.2, 0.25) is 0 Å². The van der Waals surface area contributed by atoms with Crippen molar-refractivity contribution in [3.05, 3.63) is 29.8 Å². The molecule has 0 radical (unpaired) electrons. The van der Waals surface area contributed by atoms with Gasteiger partial charge in [0.25, 0.3) is 5.91 Å². The number of carbonyl (C=O) groups excluding carboxylic acids is 2. The lowest BCUT2D eigenvalue weighted by Crippen LogP contribution is -2.44. The number of carbonyl (C=O) groups is 2. The van der Waals surface area contributed by atoms with Gasteiger partial charge in [-0.05, 0) is 56.0 Å². The number of benzene rings is 1. The summed E-state index contributed by atoms with van der Waals surface area (Å²) in [6.45, 7) is 1.39. The van der Waals surface area contributed by atoms with Gasteiger partial charge in [0.1, 0.15) is 0 Å². The fourth-order valence-electron chi connectivity index (χ4n) is 3.65. The topological polar surface area (TPSA) is 75.4 Å². The summed E-state index contributed by atoms with van der Waals surface area (Å²) >= 11 is 0. The molecular weight excluding hydrogens is 326 g/mol. The molecular formula is C18H26ClN3O2. The van der Waals surface area contributed by atoms with Crippen LogP contribution in [0, 0.1) is 5.92 Å². The first-order chi connectivity index (χ1) is 11.2. The number of hydrogen-bond acceptors (Lipinski definition) is 3. The summed E-state index contributed by atoms with van der Waals surface area (Å²) in [6.07, 6.45) is 5.98. The highest BCUT2D eigenvalue weighted by atomic mass is 35.5. The van der Waals surface area contributed by atoms with Gasteiger partial charge in [0.05, 0.1) is 0 Å². The number of hydrogen-bond donors (Lipinski definition) is 2. The second kappa shape index (κ2) is 8.49. The highest BCUT2D eigenvalue weighted by molar-refractivity contribution is 5.97. The molecule has 1 aliphatic carbocycles. The van der Waals surface area contributed by atoms with Gasteiger partial charge >= 0.3 is 0 Å². The van der Waals surface area contributed by atoms with Crippen molar-refractivity contribution in [2.24, 2.45) is 11.7 Å². The Morgan fingerprint density at radius 2 is 1.88 bits per heavy atom. The number of nitrogens with zero attached hydrogens (tertiary/aromatic N) is 1. The van der Waals surface area contributed by atoms with E-state index in [9.17, 15) is 9.59 Å². The molecule has 2 atom stereocenters. The van der Waals surface area contributed by atoms with Crippen molar-refractivity contribution in [2.45, 2.75) is 44.6 Å². The zero-order chi connectivity index (χ0) is 16.2. The molecule has 2 amide bonds. The first kappa shape index (κ1) is 18.7. The Balaban J connectivity index is 0.00000208. The molecule has 2 unspecified atom stereocenters. The van der Waals surface area contributed by atoms with E-state index in [0.29, 0.717) is 24.4 Å². The predicted molar refractivity (Wildman–Crippen MR) is 97.5 cm³/mol. The molecule has 1 saturated heterocycles. The van der Waals surface area contributed by atoms with E-state index >= 15 is 0 Å². The van der Waals surface area contributed by atoms with Crippen LogP contribution in [-0.4, -0.2) is 30.9 Å². The number of anilines is 1. The molecule has 2 aliphatic rings. The lowest BCUT2D eigenvalue weighted by atomic mass is 9.84. The van der Waals surface area contributed by atoms with Crippen LogP contribution >= 0.6 is 12.4 Å². The Morgan fingerprint density at radius 1 is 1.17 bits per heavy atom. The third kappa shape index (κ3) is 4.08. The largest absolute Gasteiger partial charge is 0.349 e. The van der Waals surface area contributed by atoms with Crippen molar-refractivity contribution in [3.8, 4) is 0 Å². The summed E-state index contributed by atoms with van der Waals surface area (Å²) in [6, 6.07) is 7.51. The van der Waals surface area contributed by atoms with Crippen molar-refractivity contribution in [1.29, 1.82) is 0 Å². The van der Waals surface area contributed by atoms with Crippen LogP contribution in [0.5, 0.6) is 0 Å². The Kier molecular flexibility index (Phi) is 6.63. The minimum absolute atomic E-state index is 0. The average molecular weight is 352 g/mol. The van der Waals surface area contributed by atoms with Gasteiger partial charge in [0.2, 0.25) is 5.91 Å². The van der Waals surface area contributed by atoms with Gasteiger partial charge < -0.3 is 16.0 Å². The van der Waals surface area contributed by atoms with E-state index in [1.165, 1.54) is 6.42 Å². The molecule has 1 aromatic carbocycles. The van der Waals surface area contributed by atoms with Crippen LogP contribution < -0.4 is 16.0 Å². The molecule has 5 nitrogen and oxygen atoms in total. The molecule has 0 aromatic heterocycles. The molecule has 1 saturated carbocycles. The summed E-state index contributed by atoms with van der Waals surface area (Å²) < 4.78 is 0. The molecule has 132 valence electrons. The molecule has 0 spiro atoms. The maximum Gasteiger partial charge on any atom is 0.251 e. The van der Waals surface area contributed by atoms with Crippen LogP contribution in [0.15, 0.2) is 24.3 Å². The summed E-state index contributed by atoms with van der Waals surface area (Å²) in [7, 11) is 0. The van der Waals surface area contributed by atoms with Crippen LogP contribution in [0.25, 0.3) is 0 Å². The van der Waals surface area contributed by atoms with Crippen LogP contribution in [0.1, 0.15) is 48.9 Å². The number of nitrogens with two attached hydrogens (primary N) is 1. The van der Waals surface area contributed by atoms with Gasteiger partial charge in [-0.2, -0.15) is 0 Å². The Bertz CT molecular complexity index is 576. The maximum atomic E-state index is 12.4. The summed E-state index contributed by atoms with van der Waals surface area (Å²) in [5.74, 6) is 0.499. The van der Waals surface area contributed by atoms with Crippen LogP contribution in [-0.2, 0) is 4.79 Å². The van der Waals surface area contributed by atoms with Gasteiger partial charge in [-0.25, -0.2) is 0 Å². The first-order valence-corrected chi connectivity index (χ1v) is 8.60. The minimum atomic E-state index is -0.0466. The number of nitrogens with one attached hydrogen (secondary N) is 1. The van der Waals surface area contributed by atoms with Crippen LogP contribution in [0.3, 0.4) is 0 Å². The van der Waals surface area contributed by atoms with Crippen LogP contribution in [0.4, 0.5) is 5.69 Å². The third-order valence-electron chi connectivity index (χ3n) is 5.04. The molecule has 1 aromatic rings. The standard InChI is InChI=1S/C18H25N3O2.ClH/c19-12-14-4-1-2-5-16(14)20-18(23)13-7-9-15(10-8-13)21-11-3-6-17(21)22;/h7-10,14,16H,1-6,11-12,19H2,(H,20,23);1H. The number of amides is 2. The quantitative estimate of drug-likeness (QED) is 0.875. The van der Waals surface area contributed by atoms with Crippen molar-refractivity contribution < 1.29 is 9.59 Å². The highest BCUT2D eigenvalue weighted by Gasteiger charge is 2.26. The van der Waals surface area contributed by atoms with Gasteiger partial charge in [-0.15, -0.1) is 12.4 Å². The van der Waals surface area contributed by atoms with Gasteiger partial charge in [0.15, 0.2) is 0 Å². The van der Waals surface area contributed by atoms with Crippen molar-refractivity contribution >= 4 is 29.9 Å². The average Bonchev–Trinajstić information content (AvgIpc) is 3.01. The molecule has 3 N–H and O–H groups in total. The second-order valence-corrected chi connectivity index (χ2v) is 6.56. The smallest absolute Gasteiger partial charge is 0.251 e. The lowest BCUT2D eigenvalue weighted by Gasteiger charge is -2.31. The fourth-order valence-corrected chi connectivity index (χ4v) is 3.65. The molecule has 0 bridgehead atoms. The summed E-state index contributed by atoms with van der Waals surface area (Å²) in [5, 5.41) is 3.13. The van der Waals surface area contributed by atoms with Gasteiger partial charge in [0, 0.05) is 30.3 Å². The number of halogens is 1. The zero-order valence-corrected chi connectivity index (χ0v) is 14.7. The molecule has 1 aliphatic heterocycles. The van der Waals surface area contributed by atoms with E-state index in [1.54, 1.807) is 17.0 Å². The van der Waals surface area contributed by atoms with Crippen molar-refractivity contribution in [3.63, 3.8) is 0 Å². The normalized spacial score (nSPS) is 23.7. The third-order valence-corrected chi connectivity index (χ3v) is 5.04. The van der Waals surface area contributed by atoms with Gasteiger partial charge in [-0.1, -0.05) is 12.8 Å². The second-order valence-electron chi connectivity index (χ2n) is 6.56. The monoisotopic (exact) mass is 351 g/mol. The Hall–Kier alpha value is -1.59. The van der Waals surface area contributed by atoms with E-state index in [1.807, 2.05) is 12.1 Å². The van der Waals surface area contributed by atoms with E-state index in [4.69, 9.17) is 5.73 Å². The number of rotatable bonds is 4. The highest BCUT2D eigenvalue weighted by Crippen LogP contribution is 2.25. The zero-order valence-electron chi connectivity index (χ0n) is 13.9. The van der Waals surface area contributed by atoms with E-state index in [2.05, 4.69) is 5.32 Å². The minimum Gasteiger partial charge on any atom is -0.349 e. The molecule has 2 fully saturated rings. The molecule has 1 heterocycles. The fraction of sp³-hybridized carbons (Fsp3) is 0.556. The first-order valence-electron chi connectivity index (χ1n) is 8.60. The van der Waals surface area contributed by atoms with E-state index in [0.717, 1.165) is 37.9 Å². The molecule has 6 heteroatoms. The molecule has 3 rings (SSSR count).